The van der Waals surface area contributed by atoms with Gasteiger partial charge >= 0.3 is 5.69 Å². The van der Waals surface area contributed by atoms with Crippen LogP contribution in [0.15, 0.2) is 18.2 Å². The Kier molecular flexibility index (Phi) is 4.11. The number of hydrogen-bond donors (Lipinski definition) is 1. The number of hydrogen-bond acceptors (Lipinski definition) is 5. The number of para-hydroxylation sites is 1. The van der Waals surface area contributed by atoms with Crippen molar-refractivity contribution < 1.29 is 14.4 Å². The van der Waals surface area contributed by atoms with Crippen LogP contribution in [-0.2, 0) is 4.74 Å². The molecular formula is C12H16N2O4. The molecular weight excluding hydrogens is 236 g/mol. The first-order valence-corrected chi connectivity index (χ1v) is 5.87. The van der Waals surface area contributed by atoms with Crippen LogP contribution < -0.4 is 10.1 Å². The van der Waals surface area contributed by atoms with Crippen LogP contribution in [0.25, 0.3) is 0 Å². The normalized spacial score (nSPS) is 19.5. The molecule has 1 fully saturated rings. The number of ether oxygens (including phenoxy) is 2. The summed E-state index contributed by atoms with van der Waals surface area (Å²) in [7, 11) is 0. The molecule has 1 atom stereocenters. The van der Waals surface area contributed by atoms with Gasteiger partial charge in [0.05, 0.1) is 11.5 Å². The van der Waals surface area contributed by atoms with E-state index in [0.717, 1.165) is 12.1 Å². The van der Waals surface area contributed by atoms with E-state index in [0.29, 0.717) is 25.5 Å². The number of aryl methyl sites for hydroxylation is 1. The van der Waals surface area contributed by atoms with E-state index in [1.54, 1.807) is 19.1 Å². The van der Waals surface area contributed by atoms with E-state index in [-0.39, 0.29) is 11.8 Å². The Morgan fingerprint density at radius 1 is 1.61 bits per heavy atom. The topological polar surface area (TPSA) is 73.6 Å². The third-order valence-corrected chi connectivity index (χ3v) is 2.81. The van der Waals surface area contributed by atoms with Crippen molar-refractivity contribution in [2.75, 3.05) is 26.3 Å². The predicted octanol–water partition coefficient (Wildman–Crippen LogP) is 1.27. The summed E-state index contributed by atoms with van der Waals surface area (Å²) in [4.78, 5) is 10.5. The molecule has 1 N–H and O–H groups in total. The smallest absolute Gasteiger partial charge is 0.311 e. The van der Waals surface area contributed by atoms with Crippen LogP contribution in [-0.4, -0.2) is 37.3 Å². The second-order valence-corrected chi connectivity index (χ2v) is 4.19. The first kappa shape index (κ1) is 12.8. The van der Waals surface area contributed by atoms with E-state index < -0.39 is 4.92 Å². The van der Waals surface area contributed by atoms with E-state index in [1.807, 2.05) is 0 Å². The van der Waals surface area contributed by atoms with Gasteiger partial charge < -0.3 is 14.8 Å². The van der Waals surface area contributed by atoms with Gasteiger partial charge in [0.25, 0.3) is 0 Å². The van der Waals surface area contributed by atoms with Crippen molar-refractivity contribution in [1.82, 2.24) is 5.32 Å². The lowest BCUT2D eigenvalue weighted by atomic mass is 10.2. The van der Waals surface area contributed by atoms with Crippen molar-refractivity contribution in [2.24, 2.45) is 0 Å². The zero-order valence-corrected chi connectivity index (χ0v) is 10.2. The molecule has 0 saturated carbocycles. The number of nitro benzene ring substituents is 1. The number of nitrogens with zero attached hydrogens (tertiary/aromatic N) is 1. The molecule has 98 valence electrons. The van der Waals surface area contributed by atoms with E-state index in [1.165, 1.54) is 6.07 Å². The minimum Gasteiger partial charge on any atom is -0.484 e. The molecule has 0 aliphatic carbocycles. The lowest BCUT2D eigenvalue weighted by Gasteiger charge is -2.23. The zero-order chi connectivity index (χ0) is 13.0. The van der Waals surface area contributed by atoms with Crippen molar-refractivity contribution in [1.29, 1.82) is 0 Å². The number of rotatable bonds is 4. The van der Waals surface area contributed by atoms with Crippen molar-refractivity contribution >= 4 is 5.69 Å². The summed E-state index contributed by atoms with van der Waals surface area (Å²) in [5, 5.41) is 14.1. The Hall–Kier alpha value is -1.66. The lowest BCUT2D eigenvalue weighted by molar-refractivity contribution is -0.386. The summed E-state index contributed by atoms with van der Waals surface area (Å²) >= 11 is 0. The Balaban J connectivity index is 2.05. The average Bonchev–Trinajstić information content (AvgIpc) is 2.38. The molecule has 6 nitrogen and oxygen atoms in total. The van der Waals surface area contributed by atoms with Crippen LogP contribution in [0, 0.1) is 17.0 Å². The lowest BCUT2D eigenvalue weighted by Crippen LogP contribution is -2.41. The van der Waals surface area contributed by atoms with Crippen molar-refractivity contribution in [3.63, 3.8) is 0 Å². The maximum atomic E-state index is 10.9. The van der Waals surface area contributed by atoms with Crippen LogP contribution in [0.1, 0.15) is 5.56 Å². The minimum atomic E-state index is -0.428. The molecule has 6 heteroatoms. The third kappa shape index (κ3) is 2.96. The van der Waals surface area contributed by atoms with Crippen LogP contribution in [0.3, 0.4) is 0 Å². The standard InChI is InChI=1S/C12H16N2O4/c1-9-3-2-4-11(14(15)16)12(9)18-8-10-7-13-5-6-17-10/h2-4,10,13H,5-8H2,1H3. The van der Waals surface area contributed by atoms with Gasteiger partial charge in [-0.2, -0.15) is 0 Å². The molecule has 1 aliphatic rings. The van der Waals surface area contributed by atoms with E-state index >= 15 is 0 Å². The molecule has 0 spiro atoms. The highest BCUT2D eigenvalue weighted by molar-refractivity contribution is 5.51. The second-order valence-electron chi connectivity index (χ2n) is 4.19. The molecule has 1 aromatic carbocycles. The summed E-state index contributed by atoms with van der Waals surface area (Å²) in [5.74, 6) is 0.330. The fourth-order valence-corrected chi connectivity index (χ4v) is 1.87. The first-order valence-electron chi connectivity index (χ1n) is 5.87. The minimum absolute atomic E-state index is 0.00114. The fourth-order valence-electron chi connectivity index (χ4n) is 1.87. The molecule has 0 bridgehead atoms. The highest BCUT2D eigenvalue weighted by Gasteiger charge is 2.20. The molecule has 0 aromatic heterocycles. The number of morpholine rings is 1. The van der Waals surface area contributed by atoms with Gasteiger partial charge in [-0.3, -0.25) is 10.1 Å². The van der Waals surface area contributed by atoms with E-state index in [9.17, 15) is 10.1 Å². The van der Waals surface area contributed by atoms with Crippen LogP contribution in [0.5, 0.6) is 5.75 Å². The summed E-state index contributed by atoms with van der Waals surface area (Å²) in [5.41, 5.74) is 0.756. The van der Waals surface area contributed by atoms with Gasteiger partial charge in [-0.05, 0) is 12.5 Å². The molecule has 1 aliphatic heterocycles. The monoisotopic (exact) mass is 252 g/mol. The molecule has 0 radical (unpaired) electrons. The van der Waals surface area contributed by atoms with Crippen LogP contribution >= 0.6 is 0 Å². The summed E-state index contributed by atoms with van der Waals surface area (Å²) in [6, 6.07) is 4.89. The van der Waals surface area contributed by atoms with Gasteiger partial charge in [0.1, 0.15) is 12.7 Å². The largest absolute Gasteiger partial charge is 0.484 e. The van der Waals surface area contributed by atoms with Crippen LogP contribution in [0.2, 0.25) is 0 Å². The van der Waals surface area contributed by atoms with Crippen molar-refractivity contribution in [3.05, 3.63) is 33.9 Å². The quantitative estimate of drug-likeness (QED) is 0.645. The number of nitrogens with one attached hydrogen (secondary N) is 1. The fraction of sp³-hybridized carbons (Fsp3) is 0.500. The van der Waals surface area contributed by atoms with Crippen LogP contribution in [0.4, 0.5) is 5.69 Å². The van der Waals surface area contributed by atoms with E-state index in [2.05, 4.69) is 5.32 Å². The molecule has 0 amide bonds. The Morgan fingerprint density at radius 3 is 3.11 bits per heavy atom. The van der Waals surface area contributed by atoms with Gasteiger partial charge in [0, 0.05) is 19.2 Å². The van der Waals surface area contributed by atoms with E-state index in [4.69, 9.17) is 9.47 Å². The van der Waals surface area contributed by atoms with Gasteiger partial charge in [-0.1, -0.05) is 12.1 Å². The molecule has 18 heavy (non-hydrogen) atoms. The summed E-state index contributed by atoms with van der Waals surface area (Å²) in [6.45, 7) is 4.30. The predicted molar refractivity (Wildman–Crippen MR) is 65.9 cm³/mol. The zero-order valence-electron chi connectivity index (χ0n) is 10.2. The SMILES string of the molecule is Cc1cccc([N+](=O)[O-])c1OCC1CNCCO1. The number of benzene rings is 1. The molecule has 1 saturated heterocycles. The molecule has 2 rings (SSSR count). The molecule has 1 unspecified atom stereocenters. The van der Waals surface area contributed by atoms with Gasteiger partial charge in [0.15, 0.2) is 5.75 Å². The molecule has 1 aromatic rings. The maximum Gasteiger partial charge on any atom is 0.311 e. The molecule has 1 heterocycles. The third-order valence-electron chi connectivity index (χ3n) is 2.81. The second kappa shape index (κ2) is 5.79. The number of nitro groups is 1. The Bertz CT molecular complexity index is 430. The summed E-state index contributed by atoms with van der Waals surface area (Å²) < 4.78 is 11.0. The Morgan fingerprint density at radius 2 is 2.44 bits per heavy atom. The highest BCUT2D eigenvalue weighted by Crippen LogP contribution is 2.30. The van der Waals surface area contributed by atoms with Gasteiger partial charge in [0.2, 0.25) is 0 Å². The highest BCUT2D eigenvalue weighted by atomic mass is 16.6. The van der Waals surface area contributed by atoms with Gasteiger partial charge in [-0.15, -0.1) is 0 Å². The first-order chi connectivity index (χ1) is 8.68. The Labute approximate surface area is 105 Å². The maximum absolute atomic E-state index is 10.9. The van der Waals surface area contributed by atoms with Gasteiger partial charge in [-0.25, -0.2) is 0 Å². The van der Waals surface area contributed by atoms with Crippen molar-refractivity contribution in [3.8, 4) is 5.75 Å². The van der Waals surface area contributed by atoms with Crippen molar-refractivity contribution in [2.45, 2.75) is 13.0 Å². The summed E-state index contributed by atoms with van der Waals surface area (Å²) in [6.07, 6.45) is -0.0574. The average molecular weight is 252 g/mol.